The molecule has 0 saturated heterocycles. The van der Waals surface area contributed by atoms with Crippen molar-refractivity contribution < 1.29 is 4.39 Å². The van der Waals surface area contributed by atoms with Crippen molar-refractivity contribution in [1.29, 1.82) is 5.26 Å². The molecule has 84 valence electrons. The van der Waals surface area contributed by atoms with Gasteiger partial charge in [0.05, 0.1) is 0 Å². The molecule has 1 aromatic carbocycles. The van der Waals surface area contributed by atoms with Gasteiger partial charge < -0.3 is 5.32 Å². The van der Waals surface area contributed by atoms with Crippen LogP contribution in [0.3, 0.4) is 0 Å². The molecule has 0 saturated carbocycles. The molecule has 0 amide bonds. The number of nitriles is 1. The molecule has 0 aliphatic rings. The highest BCUT2D eigenvalue weighted by Crippen LogP contribution is 2.17. The van der Waals surface area contributed by atoms with Crippen LogP contribution >= 0.6 is 0 Å². The van der Waals surface area contributed by atoms with E-state index in [1.54, 1.807) is 37.3 Å². The fraction of sp³-hybridized carbons (Fsp3) is 0.0769. The summed E-state index contributed by atoms with van der Waals surface area (Å²) < 4.78 is 13.3. The summed E-state index contributed by atoms with van der Waals surface area (Å²) in [5.74, 6) is 0.249. The Morgan fingerprint density at radius 2 is 2.12 bits per heavy atom. The lowest BCUT2D eigenvalue weighted by atomic mass is 10.2. The zero-order chi connectivity index (χ0) is 12.3. The molecule has 0 radical (unpaired) electrons. The minimum absolute atomic E-state index is 0.272. The molecular formula is C13H10FN3. The Balaban J connectivity index is 2.25. The summed E-state index contributed by atoms with van der Waals surface area (Å²) in [6.45, 7) is 1.70. The quantitative estimate of drug-likeness (QED) is 0.857. The minimum atomic E-state index is -0.272. The normalized spacial score (nSPS) is 9.71. The van der Waals surface area contributed by atoms with E-state index < -0.39 is 0 Å². The second-order valence-electron chi connectivity index (χ2n) is 3.61. The number of pyridine rings is 1. The maximum atomic E-state index is 13.3. The van der Waals surface area contributed by atoms with Crippen LogP contribution in [0, 0.1) is 24.1 Å². The summed E-state index contributed by atoms with van der Waals surface area (Å²) >= 11 is 0. The molecule has 0 spiro atoms. The van der Waals surface area contributed by atoms with E-state index in [0.29, 0.717) is 22.8 Å². The van der Waals surface area contributed by atoms with Gasteiger partial charge in [-0.2, -0.15) is 5.26 Å². The Hall–Kier alpha value is -2.41. The topological polar surface area (TPSA) is 48.7 Å². The molecule has 0 fully saturated rings. The number of anilines is 2. The average Bonchev–Trinajstić information content (AvgIpc) is 2.34. The van der Waals surface area contributed by atoms with Gasteiger partial charge in [-0.1, -0.05) is 12.1 Å². The van der Waals surface area contributed by atoms with Gasteiger partial charge in [0.1, 0.15) is 23.4 Å². The van der Waals surface area contributed by atoms with Crippen molar-refractivity contribution in [3.05, 3.63) is 53.5 Å². The Kier molecular flexibility index (Phi) is 3.01. The van der Waals surface area contributed by atoms with Gasteiger partial charge in [-0.05, 0) is 36.8 Å². The smallest absolute Gasteiger partial charge is 0.142 e. The van der Waals surface area contributed by atoms with Crippen LogP contribution in [-0.2, 0) is 0 Å². The molecule has 2 rings (SSSR count). The summed E-state index contributed by atoms with van der Waals surface area (Å²) in [6.07, 6.45) is 0. The fourth-order valence-corrected chi connectivity index (χ4v) is 1.39. The molecule has 0 bridgehead atoms. The van der Waals surface area contributed by atoms with Gasteiger partial charge in [0.15, 0.2) is 0 Å². The van der Waals surface area contributed by atoms with Gasteiger partial charge in [0, 0.05) is 5.69 Å². The molecule has 2 aromatic rings. The standard InChI is InChI=1S/C13H10FN3/c1-9-5-6-10(7-12(9)14)16-13-4-2-3-11(8-15)17-13/h2-7H,1H3,(H,16,17). The lowest BCUT2D eigenvalue weighted by Gasteiger charge is -2.06. The van der Waals surface area contributed by atoms with E-state index in [4.69, 9.17) is 5.26 Å². The Morgan fingerprint density at radius 3 is 2.82 bits per heavy atom. The van der Waals surface area contributed by atoms with Crippen LogP contribution in [0.5, 0.6) is 0 Å². The first kappa shape index (κ1) is 11.1. The summed E-state index contributed by atoms with van der Waals surface area (Å²) in [7, 11) is 0. The number of halogens is 1. The molecule has 0 atom stereocenters. The van der Waals surface area contributed by atoms with Crippen LogP contribution in [-0.4, -0.2) is 4.98 Å². The number of aryl methyl sites for hydroxylation is 1. The van der Waals surface area contributed by atoms with E-state index >= 15 is 0 Å². The monoisotopic (exact) mass is 227 g/mol. The predicted octanol–water partition coefficient (Wildman–Crippen LogP) is 3.14. The molecule has 17 heavy (non-hydrogen) atoms. The van der Waals surface area contributed by atoms with Gasteiger partial charge in [0.25, 0.3) is 0 Å². The van der Waals surface area contributed by atoms with Crippen LogP contribution in [0.1, 0.15) is 11.3 Å². The zero-order valence-electron chi connectivity index (χ0n) is 9.24. The highest BCUT2D eigenvalue weighted by molar-refractivity contribution is 5.57. The number of hydrogen-bond donors (Lipinski definition) is 1. The lowest BCUT2D eigenvalue weighted by Crippen LogP contribution is -1.95. The average molecular weight is 227 g/mol. The number of benzene rings is 1. The van der Waals surface area contributed by atoms with Crippen LogP contribution in [0.25, 0.3) is 0 Å². The molecule has 1 aromatic heterocycles. The molecule has 0 unspecified atom stereocenters. The van der Waals surface area contributed by atoms with Crippen molar-refractivity contribution in [2.45, 2.75) is 6.92 Å². The van der Waals surface area contributed by atoms with E-state index in [1.807, 2.05) is 6.07 Å². The largest absolute Gasteiger partial charge is 0.340 e. The molecule has 3 nitrogen and oxygen atoms in total. The molecule has 0 aliphatic heterocycles. The second kappa shape index (κ2) is 4.62. The van der Waals surface area contributed by atoms with E-state index in [0.717, 1.165) is 0 Å². The number of nitrogens with one attached hydrogen (secondary N) is 1. The van der Waals surface area contributed by atoms with Gasteiger partial charge in [0.2, 0.25) is 0 Å². The number of hydrogen-bond acceptors (Lipinski definition) is 3. The third-order valence-corrected chi connectivity index (χ3v) is 2.31. The summed E-state index contributed by atoms with van der Waals surface area (Å²) in [4.78, 5) is 4.04. The van der Waals surface area contributed by atoms with Gasteiger partial charge in [-0.25, -0.2) is 9.37 Å². The summed E-state index contributed by atoms with van der Waals surface area (Å²) in [5.41, 5.74) is 1.52. The van der Waals surface area contributed by atoms with Gasteiger partial charge >= 0.3 is 0 Å². The Bertz CT molecular complexity index is 587. The van der Waals surface area contributed by atoms with E-state index in [1.165, 1.54) is 6.07 Å². The number of nitrogens with zero attached hydrogens (tertiary/aromatic N) is 2. The third-order valence-electron chi connectivity index (χ3n) is 2.31. The van der Waals surface area contributed by atoms with Crippen molar-refractivity contribution in [3.63, 3.8) is 0 Å². The SMILES string of the molecule is Cc1ccc(Nc2cccc(C#N)n2)cc1F. The van der Waals surface area contributed by atoms with Crippen LogP contribution < -0.4 is 5.32 Å². The first-order valence-electron chi connectivity index (χ1n) is 5.09. The third kappa shape index (κ3) is 2.58. The molecule has 4 heteroatoms. The second-order valence-corrected chi connectivity index (χ2v) is 3.61. The van der Waals surface area contributed by atoms with Gasteiger partial charge in [-0.15, -0.1) is 0 Å². The van der Waals surface area contributed by atoms with Gasteiger partial charge in [-0.3, -0.25) is 0 Å². The molecule has 1 heterocycles. The van der Waals surface area contributed by atoms with Crippen molar-refractivity contribution in [2.24, 2.45) is 0 Å². The first-order chi connectivity index (χ1) is 8.19. The van der Waals surface area contributed by atoms with Crippen molar-refractivity contribution in [2.75, 3.05) is 5.32 Å². The summed E-state index contributed by atoms with van der Waals surface area (Å²) in [5, 5.41) is 11.7. The highest BCUT2D eigenvalue weighted by atomic mass is 19.1. The first-order valence-corrected chi connectivity index (χ1v) is 5.09. The molecule has 1 N–H and O–H groups in total. The highest BCUT2D eigenvalue weighted by Gasteiger charge is 2.01. The number of aromatic nitrogens is 1. The van der Waals surface area contributed by atoms with Crippen molar-refractivity contribution in [3.8, 4) is 6.07 Å². The molecule has 0 aliphatic carbocycles. The molecular weight excluding hydrogens is 217 g/mol. The number of rotatable bonds is 2. The fourth-order valence-electron chi connectivity index (χ4n) is 1.39. The van der Waals surface area contributed by atoms with Crippen LogP contribution in [0.15, 0.2) is 36.4 Å². The Labute approximate surface area is 98.5 Å². The maximum absolute atomic E-state index is 13.3. The van der Waals surface area contributed by atoms with E-state index in [9.17, 15) is 4.39 Å². The van der Waals surface area contributed by atoms with E-state index in [-0.39, 0.29) is 5.82 Å². The van der Waals surface area contributed by atoms with Crippen LogP contribution in [0.2, 0.25) is 0 Å². The van der Waals surface area contributed by atoms with Crippen LogP contribution in [0.4, 0.5) is 15.9 Å². The zero-order valence-corrected chi connectivity index (χ0v) is 9.24. The predicted molar refractivity (Wildman–Crippen MR) is 63.4 cm³/mol. The van der Waals surface area contributed by atoms with Crippen molar-refractivity contribution >= 4 is 11.5 Å². The summed E-state index contributed by atoms with van der Waals surface area (Å²) in [6, 6.07) is 11.9. The van der Waals surface area contributed by atoms with E-state index in [2.05, 4.69) is 10.3 Å². The van der Waals surface area contributed by atoms with Crippen molar-refractivity contribution in [1.82, 2.24) is 4.98 Å². The minimum Gasteiger partial charge on any atom is -0.340 e. The Morgan fingerprint density at radius 1 is 1.29 bits per heavy atom. The maximum Gasteiger partial charge on any atom is 0.142 e. The lowest BCUT2D eigenvalue weighted by molar-refractivity contribution is 0.619.